The van der Waals surface area contributed by atoms with Crippen molar-refractivity contribution in [3.8, 4) is 5.75 Å². The third-order valence-electron chi connectivity index (χ3n) is 4.08. The van der Waals surface area contributed by atoms with E-state index in [0.29, 0.717) is 19.7 Å². The Kier molecular flexibility index (Phi) is 4.36. The number of carbonyl (C=O) groups is 1. The molecule has 4 rings (SSSR count). The van der Waals surface area contributed by atoms with Crippen LogP contribution in [0.15, 0.2) is 53.2 Å². The third-order valence-corrected chi connectivity index (χ3v) is 5.80. The molecule has 1 aliphatic rings. The maximum Gasteiger partial charge on any atom is 0.254 e. The van der Waals surface area contributed by atoms with Gasteiger partial charge in [-0.1, -0.05) is 12.1 Å². The summed E-state index contributed by atoms with van der Waals surface area (Å²) < 4.78 is 5.54. The molecule has 0 radical (unpaired) electrons. The van der Waals surface area contributed by atoms with Gasteiger partial charge in [0.25, 0.3) is 5.91 Å². The van der Waals surface area contributed by atoms with Crippen molar-refractivity contribution in [2.75, 3.05) is 6.61 Å². The molecule has 1 aromatic carbocycles. The van der Waals surface area contributed by atoms with Crippen molar-refractivity contribution >= 4 is 28.6 Å². The molecule has 5 heteroatoms. The lowest BCUT2D eigenvalue weighted by atomic mass is 10.1. The van der Waals surface area contributed by atoms with Crippen LogP contribution >= 0.6 is 22.7 Å². The van der Waals surface area contributed by atoms with Crippen LogP contribution in [-0.4, -0.2) is 17.4 Å². The Labute approximate surface area is 149 Å². The van der Waals surface area contributed by atoms with E-state index in [9.17, 15) is 4.79 Å². The van der Waals surface area contributed by atoms with E-state index in [4.69, 9.17) is 4.74 Å². The third kappa shape index (κ3) is 3.23. The fraction of sp³-hybridized carbons (Fsp3) is 0.211. The maximum atomic E-state index is 13.1. The quantitative estimate of drug-likeness (QED) is 0.670. The fourth-order valence-electron chi connectivity index (χ4n) is 2.88. The lowest BCUT2D eigenvalue weighted by Crippen LogP contribution is -2.29. The van der Waals surface area contributed by atoms with Crippen LogP contribution in [0, 0.1) is 0 Å². The van der Waals surface area contributed by atoms with Gasteiger partial charge in [0.15, 0.2) is 0 Å². The largest absolute Gasteiger partial charge is 0.493 e. The lowest BCUT2D eigenvalue weighted by Gasteiger charge is -2.22. The van der Waals surface area contributed by atoms with Crippen LogP contribution in [-0.2, 0) is 19.5 Å². The van der Waals surface area contributed by atoms with E-state index in [1.54, 1.807) is 22.7 Å². The molecule has 3 aromatic rings. The number of ether oxygens (including phenoxy) is 1. The predicted molar refractivity (Wildman–Crippen MR) is 97.9 cm³/mol. The van der Waals surface area contributed by atoms with E-state index in [1.165, 1.54) is 9.75 Å². The molecule has 0 atom stereocenters. The number of benzene rings is 1. The summed E-state index contributed by atoms with van der Waals surface area (Å²) in [4.78, 5) is 17.4. The molecule has 0 aliphatic carbocycles. The molecule has 0 bridgehead atoms. The van der Waals surface area contributed by atoms with Gasteiger partial charge in [-0.3, -0.25) is 4.79 Å². The van der Waals surface area contributed by atoms with Crippen molar-refractivity contribution in [3.05, 3.63) is 74.1 Å². The molecule has 122 valence electrons. The molecule has 0 saturated carbocycles. The zero-order valence-electron chi connectivity index (χ0n) is 13.1. The number of thiophene rings is 2. The second kappa shape index (κ2) is 6.79. The minimum Gasteiger partial charge on any atom is -0.493 e. The fourth-order valence-corrected chi connectivity index (χ4v) is 4.32. The molecule has 1 aliphatic heterocycles. The second-order valence-electron chi connectivity index (χ2n) is 5.74. The van der Waals surface area contributed by atoms with E-state index in [0.717, 1.165) is 23.3 Å². The molecule has 2 aromatic heterocycles. The molecule has 1 amide bonds. The zero-order chi connectivity index (χ0) is 16.4. The minimum absolute atomic E-state index is 0.0755. The van der Waals surface area contributed by atoms with Gasteiger partial charge in [-0.05, 0) is 46.7 Å². The molecule has 3 heterocycles. The first kappa shape index (κ1) is 15.4. The Balaban J connectivity index is 1.60. The number of fused-ring (bicyclic) bond motifs is 1. The second-order valence-corrected chi connectivity index (χ2v) is 7.81. The molecule has 0 fully saturated rings. The van der Waals surface area contributed by atoms with Gasteiger partial charge in [0, 0.05) is 21.7 Å². The lowest BCUT2D eigenvalue weighted by molar-refractivity contribution is 0.0733. The number of nitrogens with zero attached hydrogens (tertiary/aromatic N) is 1. The van der Waals surface area contributed by atoms with E-state index < -0.39 is 0 Å². The molecule has 3 nitrogen and oxygen atoms in total. The van der Waals surface area contributed by atoms with Crippen molar-refractivity contribution in [2.45, 2.75) is 19.5 Å². The van der Waals surface area contributed by atoms with Gasteiger partial charge in [-0.15, -0.1) is 22.7 Å². The monoisotopic (exact) mass is 355 g/mol. The van der Waals surface area contributed by atoms with E-state index in [1.807, 2.05) is 35.2 Å². The first-order chi connectivity index (χ1) is 11.8. The standard InChI is InChI=1S/C19H17NO2S2/c21-19(15-5-6-18-14(11-15)7-8-22-18)20(12-16-3-1-9-23-16)13-17-4-2-10-24-17/h1-6,9-11H,7-8,12-13H2. The number of carbonyl (C=O) groups excluding carboxylic acids is 1. The summed E-state index contributed by atoms with van der Waals surface area (Å²) >= 11 is 3.37. The van der Waals surface area contributed by atoms with Crippen LogP contribution in [0.4, 0.5) is 0 Å². The summed E-state index contributed by atoms with van der Waals surface area (Å²) in [6.07, 6.45) is 0.881. The Bertz CT molecular complexity index is 789. The van der Waals surface area contributed by atoms with Crippen molar-refractivity contribution < 1.29 is 9.53 Å². The Morgan fingerprint density at radius 1 is 1.04 bits per heavy atom. The summed E-state index contributed by atoms with van der Waals surface area (Å²) in [5.74, 6) is 0.987. The Morgan fingerprint density at radius 3 is 2.38 bits per heavy atom. The number of rotatable bonds is 5. The van der Waals surface area contributed by atoms with Gasteiger partial charge in [-0.2, -0.15) is 0 Å². The number of hydrogen-bond donors (Lipinski definition) is 0. The molecular weight excluding hydrogens is 338 g/mol. The SMILES string of the molecule is O=C(c1ccc2c(c1)CCO2)N(Cc1cccs1)Cc1cccs1. The molecule has 24 heavy (non-hydrogen) atoms. The summed E-state index contributed by atoms with van der Waals surface area (Å²) in [7, 11) is 0. The van der Waals surface area contributed by atoms with E-state index in [-0.39, 0.29) is 5.91 Å². The first-order valence-corrected chi connectivity index (χ1v) is 9.65. The van der Waals surface area contributed by atoms with Crippen LogP contribution in [0.5, 0.6) is 5.75 Å². The summed E-state index contributed by atoms with van der Waals surface area (Å²) in [5.41, 5.74) is 1.88. The first-order valence-electron chi connectivity index (χ1n) is 7.89. The topological polar surface area (TPSA) is 29.5 Å². The zero-order valence-corrected chi connectivity index (χ0v) is 14.7. The summed E-state index contributed by atoms with van der Waals surface area (Å²) in [6.45, 7) is 1.99. The van der Waals surface area contributed by atoms with Crippen molar-refractivity contribution in [3.63, 3.8) is 0 Å². The van der Waals surface area contributed by atoms with Gasteiger partial charge in [0.1, 0.15) is 5.75 Å². The highest BCUT2D eigenvalue weighted by atomic mass is 32.1. The van der Waals surface area contributed by atoms with Crippen LogP contribution in [0.1, 0.15) is 25.7 Å². The van der Waals surface area contributed by atoms with Crippen molar-refractivity contribution in [2.24, 2.45) is 0 Å². The maximum absolute atomic E-state index is 13.1. The van der Waals surface area contributed by atoms with Gasteiger partial charge < -0.3 is 9.64 Å². The Morgan fingerprint density at radius 2 is 1.75 bits per heavy atom. The van der Waals surface area contributed by atoms with Gasteiger partial charge >= 0.3 is 0 Å². The highest BCUT2D eigenvalue weighted by Crippen LogP contribution is 2.27. The summed E-state index contributed by atoms with van der Waals surface area (Å²) in [5, 5.41) is 4.10. The van der Waals surface area contributed by atoms with Crippen molar-refractivity contribution in [1.82, 2.24) is 4.90 Å². The smallest absolute Gasteiger partial charge is 0.254 e. The van der Waals surface area contributed by atoms with Gasteiger partial charge in [-0.25, -0.2) is 0 Å². The highest BCUT2D eigenvalue weighted by Gasteiger charge is 2.20. The molecule has 0 unspecified atom stereocenters. The van der Waals surface area contributed by atoms with Crippen LogP contribution < -0.4 is 4.74 Å². The molecule has 0 saturated heterocycles. The predicted octanol–water partition coefficient (Wildman–Crippen LogP) is 4.59. The Hall–Kier alpha value is -2.11. The molecule has 0 spiro atoms. The van der Waals surface area contributed by atoms with Gasteiger partial charge in [0.05, 0.1) is 19.7 Å². The van der Waals surface area contributed by atoms with Crippen LogP contribution in [0.3, 0.4) is 0 Å². The normalized spacial score (nSPS) is 12.7. The minimum atomic E-state index is 0.0755. The van der Waals surface area contributed by atoms with Crippen LogP contribution in [0.2, 0.25) is 0 Å². The van der Waals surface area contributed by atoms with E-state index >= 15 is 0 Å². The van der Waals surface area contributed by atoms with Crippen LogP contribution in [0.25, 0.3) is 0 Å². The number of hydrogen-bond acceptors (Lipinski definition) is 4. The average molecular weight is 355 g/mol. The average Bonchev–Trinajstić information content (AvgIpc) is 3.35. The van der Waals surface area contributed by atoms with E-state index in [2.05, 4.69) is 22.9 Å². The summed E-state index contributed by atoms with van der Waals surface area (Å²) in [6, 6.07) is 14.0. The van der Waals surface area contributed by atoms with Gasteiger partial charge in [0.2, 0.25) is 0 Å². The van der Waals surface area contributed by atoms with Crippen molar-refractivity contribution in [1.29, 1.82) is 0 Å². The highest BCUT2D eigenvalue weighted by molar-refractivity contribution is 7.10. The number of amides is 1. The molecular formula is C19H17NO2S2. The molecule has 0 N–H and O–H groups in total.